The summed E-state index contributed by atoms with van der Waals surface area (Å²) in [6.45, 7) is 2.23. The summed E-state index contributed by atoms with van der Waals surface area (Å²) in [5.41, 5.74) is 18.1. The van der Waals surface area contributed by atoms with E-state index >= 15 is 0 Å². The molecule has 6 aromatic carbocycles. The van der Waals surface area contributed by atoms with Crippen LogP contribution in [-0.4, -0.2) is 19.5 Å². The van der Waals surface area contributed by atoms with E-state index in [-0.39, 0.29) is 0 Å². The number of aromatic nitrogens is 4. The molecule has 0 bridgehead atoms. The molecule has 0 amide bonds. The highest BCUT2D eigenvalue weighted by atomic mass is 15.0. The van der Waals surface area contributed by atoms with Gasteiger partial charge in [-0.05, 0) is 142 Å². The van der Waals surface area contributed by atoms with Gasteiger partial charge in [-0.2, -0.15) is 0 Å². The molecule has 0 N–H and O–H groups in total. The van der Waals surface area contributed by atoms with Gasteiger partial charge in [-0.1, -0.05) is 103 Å². The molecule has 0 unspecified atom stereocenters. The van der Waals surface area contributed by atoms with Crippen molar-refractivity contribution in [1.29, 1.82) is 0 Å². The molecule has 0 aliphatic rings. The van der Waals surface area contributed by atoms with Crippen molar-refractivity contribution in [2.45, 2.75) is 13.3 Å². The minimum Gasteiger partial charge on any atom is -0.294 e. The van der Waals surface area contributed by atoms with Gasteiger partial charge < -0.3 is 0 Å². The third-order valence-electron chi connectivity index (χ3n) is 10.9. The molecule has 4 nitrogen and oxygen atoms in total. The Morgan fingerprint density at radius 2 is 1.09 bits per heavy atom. The van der Waals surface area contributed by atoms with Crippen LogP contribution >= 0.6 is 0 Å². The van der Waals surface area contributed by atoms with Crippen molar-refractivity contribution in [2.24, 2.45) is 0 Å². The maximum atomic E-state index is 4.95. The largest absolute Gasteiger partial charge is 0.294 e. The Morgan fingerprint density at radius 3 is 1.84 bits per heavy atom. The first-order chi connectivity index (χ1) is 28.2. The summed E-state index contributed by atoms with van der Waals surface area (Å²) in [6, 6.07) is 64.8. The van der Waals surface area contributed by atoms with E-state index in [1.807, 2.05) is 48.9 Å². The molecule has 0 aliphatic heterocycles. The van der Waals surface area contributed by atoms with Crippen LogP contribution in [0, 0.1) is 6.92 Å². The topological polar surface area (TPSA) is 43.6 Å². The zero-order chi connectivity index (χ0) is 38.1. The van der Waals surface area contributed by atoms with Crippen LogP contribution in [0.4, 0.5) is 0 Å². The number of hydrogen-bond acceptors (Lipinski definition) is 3. The van der Waals surface area contributed by atoms with E-state index in [1.165, 1.54) is 44.3 Å². The monoisotopic (exact) mass is 730 g/mol. The predicted molar refractivity (Wildman–Crippen MR) is 235 cm³/mol. The first kappa shape index (κ1) is 34.1. The predicted octanol–water partition coefficient (Wildman–Crippen LogP) is 13.2. The summed E-state index contributed by atoms with van der Waals surface area (Å²) in [6.07, 6.45) is 6.47. The SMILES string of the molecule is Cc1cc(-c2ccc3c(c2)c2cccnc2n3-c2cccc(-c3cc(-c4ccccn4)cc(-c4ccccn4)c3)c2)ccc1-c1ccccc1Cc1ccccc1. The van der Waals surface area contributed by atoms with E-state index in [2.05, 4.69) is 173 Å². The third kappa shape index (κ3) is 6.58. The molecule has 10 rings (SSSR count). The fourth-order valence-electron chi connectivity index (χ4n) is 8.17. The molecule has 0 atom stereocenters. The molecular weight excluding hydrogens is 693 g/mol. The van der Waals surface area contributed by atoms with E-state index in [1.54, 1.807) is 0 Å². The summed E-state index contributed by atoms with van der Waals surface area (Å²) >= 11 is 0. The van der Waals surface area contributed by atoms with E-state index in [0.29, 0.717) is 0 Å². The van der Waals surface area contributed by atoms with Crippen LogP contribution < -0.4 is 0 Å². The third-order valence-corrected chi connectivity index (χ3v) is 10.9. The molecule has 4 heteroatoms. The van der Waals surface area contributed by atoms with E-state index in [4.69, 9.17) is 4.98 Å². The van der Waals surface area contributed by atoms with Crippen LogP contribution in [0.25, 0.3) is 83.5 Å². The smallest absolute Gasteiger partial charge is 0.145 e. The Kier molecular flexibility index (Phi) is 8.77. The second kappa shape index (κ2) is 14.7. The summed E-state index contributed by atoms with van der Waals surface area (Å²) in [5.74, 6) is 0. The Morgan fingerprint density at radius 1 is 0.421 bits per heavy atom. The van der Waals surface area contributed by atoms with Crippen LogP contribution in [0.15, 0.2) is 201 Å². The van der Waals surface area contributed by atoms with E-state index < -0.39 is 0 Å². The fourth-order valence-corrected chi connectivity index (χ4v) is 8.17. The van der Waals surface area contributed by atoms with Gasteiger partial charge in [0.2, 0.25) is 0 Å². The van der Waals surface area contributed by atoms with Crippen molar-refractivity contribution in [3.63, 3.8) is 0 Å². The first-order valence-electron chi connectivity index (χ1n) is 19.4. The average Bonchev–Trinajstić information content (AvgIpc) is 3.61. The minimum atomic E-state index is 0.902. The number of hydrogen-bond donors (Lipinski definition) is 0. The fraction of sp³-hybridized carbons (Fsp3) is 0.0377. The van der Waals surface area contributed by atoms with Crippen molar-refractivity contribution in [2.75, 3.05) is 0 Å². The number of fused-ring (bicyclic) bond motifs is 3. The number of rotatable bonds is 8. The molecule has 57 heavy (non-hydrogen) atoms. The Labute approximate surface area is 332 Å². The first-order valence-corrected chi connectivity index (χ1v) is 19.4. The summed E-state index contributed by atoms with van der Waals surface area (Å²) in [4.78, 5) is 14.3. The van der Waals surface area contributed by atoms with Gasteiger partial charge in [-0.25, -0.2) is 4.98 Å². The molecule has 4 aromatic heterocycles. The Balaban J connectivity index is 1.04. The van der Waals surface area contributed by atoms with Crippen molar-refractivity contribution in [3.05, 3.63) is 217 Å². The Hall–Kier alpha value is -7.43. The van der Waals surface area contributed by atoms with Gasteiger partial charge in [0.15, 0.2) is 0 Å². The lowest BCUT2D eigenvalue weighted by Crippen LogP contribution is -1.96. The molecule has 0 spiro atoms. The van der Waals surface area contributed by atoms with Crippen molar-refractivity contribution >= 4 is 21.9 Å². The quantitative estimate of drug-likeness (QED) is 0.156. The highest BCUT2D eigenvalue weighted by molar-refractivity contribution is 6.09. The molecular formula is C53H38N4. The molecule has 0 saturated carbocycles. The molecule has 4 heterocycles. The van der Waals surface area contributed by atoms with Crippen molar-refractivity contribution < 1.29 is 0 Å². The average molecular weight is 731 g/mol. The number of nitrogens with zero attached hydrogens (tertiary/aromatic N) is 4. The van der Waals surface area contributed by atoms with Gasteiger partial charge in [0.1, 0.15) is 5.65 Å². The lowest BCUT2D eigenvalue weighted by molar-refractivity contribution is 1.14. The lowest BCUT2D eigenvalue weighted by Gasteiger charge is -2.14. The van der Waals surface area contributed by atoms with Crippen molar-refractivity contribution in [3.8, 4) is 61.6 Å². The summed E-state index contributed by atoms with van der Waals surface area (Å²) in [7, 11) is 0. The zero-order valence-corrected chi connectivity index (χ0v) is 31.5. The van der Waals surface area contributed by atoms with Crippen LogP contribution in [0.2, 0.25) is 0 Å². The number of benzene rings is 6. The molecule has 0 radical (unpaired) electrons. The van der Waals surface area contributed by atoms with E-state index in [0.717, 1.165) is 62.3 Å². The van der Waals surface area contributed by atoms with Gasteiger partial charge in [0.25, 0.3) is 0 Å². The maximum absolute atomic E-state index is 4.95. The second-order valence-electron chi connectivity index (χ2n) is 14.6. The summed E-state index contributed by atoms with van der Waals surface area (Å²) < 4.78 is 2.29. The van der Waals surface area contributed by atoms with Crippen LogP contribution in [0.5, 0.6) is 0 Å². The zero-order valence-electron chi connectivity index (χ0n) is 31.5. The van der Waals surface area contributed by atoms with Crippen LogP contribution in [-0.2, 0) is 6.42 Å². The number of pyridine rings is 3. The van der Waals surface area contributed by atoms with Gasteiger partial charge in [-0.3, -0.25) is 14.5 Å². The van der Waals surface area contributed by atoms with Gasteiger partial charge in [0.05, 0.1) is 16.9 Å². The lowest BCUT2D eigenvalue weighted by atomic mass is 9.90. The molecule has 0 fully saturated rings. The van der Waals surface area contributed by atoms with Gasteiger partial charge >= 0.3 is 0 Å². The molecule has 0 saturated heterocycles. The molecule has 0 aliphatic carbocycles. The molecule has 270 valence electrons. The normalized spacial score (nSPS) is 11.3. The van der Waals surface area contributed by atoms with Crippen LogP contribution in [0.1, 0.15) is 16.7 Å². The van der Waals surface area contributed by atoms with Crippen molar-refractivity contribution in [1.82, 2.24) is 19.5 Å². The summed E-state index contributed by atoms with van der Waals surface area (Å²) in [5, 5.41) is 2.29. The highest BCUT2D eigenvalue weighted by Crippen LogP contribution is 2.38. The maximum Gasteiger partial charge on any atom is 0.145 e. The second-order valence-corrected chi connectivity index (χ2v) is 14.6. The van der Waals surface area contributed by atoms with Gasteiger partial charge in [-0.15, -0.1) is 0 Å². The van der Waals surface area contributed by atoms with Crippen LogP contribution in [0.3, 0.4) is 0 Å². The Bertz CT molecular complexity index is 2980. The van der Waals surface area contributed by atoms with E-state index in [9.17, 15) is 0 Å². The number of aryl methyl sites for hydroxylation is 1. The highest BCUT2D eigenvalue weighted by Gasteiger charge is 2.17. The van der Waals surface area contributed by atoms with Gasteiger partial charge in [0, 0.05) is 46.2 Å². The minimum absolute atomic E-state index is 0.902. The molecule has 10 aromatic rings. The standard InChI is InChI=1S/C53H38N4/c1-36-29-39(22-24-46(36)47-18-6-5-15-41(47)30-37-13-3-2-4-14-37)40-23-25-52-49(35-40)48-19-12-28-56-53(48)57(52)45-17-11-16-38(34-45)42-31-43(50-20-7-9-26-54-50)33-44(32-42)51-21-8-10-27-55-51/h2-29,31-35H,30H2,1H3.